The number of hydrogen-bond acceptors (Lipinski definition) is 3. The van der Waals surface area contributed by atoms with Gasteiger partial charge in [0.2, 0.25) is 0 Å². The Morgan fingerprint density at radius 3 is 2.71 bits per heavy atom. The molecule has 0 atom stereocenters. The molecule has 0 bridgehead atoms. The van der Waals surface area contributed by atoms with E-state index in [-0.39, 0.29) is 12.3 Å². The SMILES string of the molecule is Cc1cc(C(=O)NCCCC(=O)O)ccc1N. The molecule has 0 saturated heterocycles. The van der Waals surface area contributed by atoms with Gasteiger partial charge >= 0.3 is 5.97 Å². The first-order valence-electron chi connectivity index (χ1n) is 5.37. The number of aliphatic carboxylic acids is 1. The Morgan fingerprint density at radius 1 is 1.41 bits per heavy atom. The minimum atomic E-state index is -0.859. The molecule has 1 rings (SSSR count). The zero-order valence-electron chi connectivity index (χ0n) is 9.69. The molecule has 0 heterocycles. The summed E-state index contributed by atoms with van der Waals surface area (Å²) in [7, 11) is 0. The van der Waals surface area contributed by atoms with E-state index in [1.54, 1.807) is 18.2 Å². The van der Waals surface area contributed by atoms with E-state index in [1.807, 2.05) is 6.92 Å². The third kappa shape index (κ3) is 4.14. The number of rotatable bonds is 5. The lowest BCUT2D eigenvalue weighted by atomic mass is 10.1. The van der Waals surface area contributed by atoms with Gasteiger partial charge in [-0.05, 0) is 37.1 Å². The normalized spacial score (nSPS) is 9.94. The highest BCUT2D eigenvalue weighted by Gasteiger charge is 2.06. The van der Waals surface area contributed by atoms with Crippen LogP contribution in [0.3, 0.4) is 0 Å². The molecule has 1 aromatic carbocycles. The summed E-state index contributed by atoms with van der Waals surface area (Å²) in [6.45, 7) is 2.19. The van der Waals surface area contributed by atoms with E-state index in [2.05, 4.69) is 5.32 Å². The Bertz CT molecular complexity index is 430. The number of aryl methyl sites for hydroxylation is 1. The van der Waals surface area contributed by atoms with Crippen LogP contribution in [0.2, 0.25) is 0 Å². The third-order valence-electron chi connectivity index (χ3n) is 2.38. The summed E-state index contributed by atoms with van der Waals surface area (Å²) in [5.41, 5.74) is 7.68. The quantitative estimate of drug-likeness (QED) is 0.528. The van der Waals surface area contributed by atoms with Crippen molar-refractivity contribution in [3.05, 3.63) is 29.3 Å². The summed E-state index contributed by atoms with van der Waals surface area (Å²) in [6.07, 6.45) is 0.482. The number of carboxylic acid groups (broad SMARTS) is 1. The van der Waals surface area contributed by atoms with Crippen LogP contribution in [0.1, 0.15) is 28.8 Å². The van der Waals surface area contributed by atoms with Gasteiger partial charge in [0.05, 0.1) is 0 Å². The second kappa shape index (κ2) is 5.89. The first kappa shape index (κ1) is 13.0. The van der Waals surface area contributed by atoms with Crippen molar-refractivity contribution >= 4 is 17.6 Å². The predicted octanol–water partition coefficient (Wildman–Crippen LogP) is 1.17. The summed E-state index contributed by atoms with van der Waals surface area (Å²) in [5, 5.41) is 11.1. The first-order valence-corrected chi connectivity index (χ1v) is 5.37. The number of hydrogen-bond donors (Lipinski definition) is 3. The highest BCUT2D eigenvalue weighted by Crippen LogP contribution is 2.12. The molecular formula is C12H16N2O3. The summed E-state index contributed by atoms with van der Waals surface area (Å²) in [4.78, 5) is 21.9. The van der Waals surface area contributed by atoms with Gasteiger partial charge in [0.1, 0.15) is 0 Å². The summed E-state index contributed by atoms with van der Waals surface area (Å²) in [5.74, 6) is -1.07. The van der Waals surface area contributed by atoms with Crippen molar-refractivity contribution in [2.45, 2.75) is 19.8 Å². The molecule has 0 fully saturated rings. The zero-order valence-corrected chi connectivity index (χ0v) is 9.69. The Kier molecular flexibility index (Phi) is 4.51. The van der Waals surface area contributed by atoms with E-state index < -0.39 is 5.97 Å². The molecule has 0 unspecified atom stereocenters. The molecule has 1 aromatic rings. The van der Waals surface area contributed by atoms with E-state index >= 15 is 0 Å². The van der Waals surface area contributed by atoms with Crippen LogP contribution in [0, 0.1) is 6.92 Å². The standard InChI is InChI=1S/C12H16N2O3/c1-8-7-9(4-5-10(8)13)12(17)14-6-2-3-11(15)16/h4-5,7H,2-3,6,13H2,1H3,(H,14,17)(H,15,16). The summed E-state index contributed by atoms with van der Waals surface area (Å²) < 4.78 is 0. The lowest BCUT2D eigenvalue weighted by Gasteiger charge is -2.06. The molecular weight excluding hydrogens is 220 g/mol. The number of benzene rings is 1. The topological polar surface area (TPSA) is 92.4 Å². The van der Waals surface area contributed by atoms with Crippen LogP contribution in [0.25, 0.3) is 0 Å². The molecule has 0 spiro atoms. The van der Waals surface area contributed by atoms with Gasteiger partial charge in [-0.1, -0.05) is 0 Å². The smallest absolute Gasteiger partial charge is 0.303 e. The number of amides is 1. The van der Waals surface area contributed by atoms with Crippen molar-refractivity contribution in [3.8, 4) is 0 Å². The Labute approximate surface area is 99.6 Å². The van der Waals surface area contributed by atoms with Crippen LogP contribution in [0.5, 0.6) is 0 Å². The monoisotopic (exact) mass is 236 g/mol. The van der Waals surface area contributed by atoms with Crippen LogP contribution in [0.15, 0.2) is 18.2 Å². The molecule has 0 aromatic heterocycles. The number of carbonyl (C=O) groups is 2. The van der Waals surface area contributed by atoms with Gasteiger partial charge in [-0.3, -0.25) is 9.59 Å². The molecule has 0 aliphatic carbocycles. The maximum atomic E-state index is 11.7. The van der Waals surface area contributed by atoms with E-state index in [4.69, 9.17) is 10.8 Å². The van der Waals surface area contributed by atoms with Gasteiger partial charge < -0.3 is 16.2 Å². The summed E-state index contributed by atoms with van der Waals surface area (Å²) in [6, 6.07) is 5.04. The fourth-order valence-electron chi connectivity index (χ4n) is 1.36. The Morgan fingerprint density at radius 2 is 2.12 bits per heavy atom. The predicted molar refractivity (Wildman–Crippen MR) is 64.8 cm³/mol. The van der Waals surface area contributed by atoms with Gasteiger partial charge in [-0.2, -0.15) is 0 Å². The largest absolute Gasteiger partial charge is 0.481 e. The van der Waals surface area contributed by atoms with Crippen LogP contribution >= 0.6 is 0 Å². The molecule has 4 N–H and O–H groups in total. The second-order valence-corrected chi connectivity index (χ2v) is 3.82. The number of nitrogens with one attached hydrogen (secondary N) is 1. The maximum Gasteiger partial charge on any atom is 0.303 e. The second-order valence-electron chi connectivity index (χ2n) is 3.82. The third-order valence-corrected chi connectivity index (χ3v) is 2.38. The van der Waals surface area contributed by atoms with Crippen molar-refractivity contribution in [2.24, 2.45) is 0 Å². The average Bonchev–Trinajstić information content (AvgIpc) is 2.27. The maximum absolute atomic E-state index is 11.7. The highest BCUT2D eigenvalue weighted by molar-refractivity contribution is 5.94. The van der Waals surface area contributed by atoms with Crippen molar-refractivity contribution in [2.75, 3.05) is 12.3 Å². The van der Waals surface area contributed by atoms with E-state index in [9.17, 15) is 9.59 Å². The van der Waals surface area contributed by atoms with Crippen molar-refractivity contribution in [3.63, 3.8) is 0 Å². The van der Waals surface area contributed by atoms with Crippen LogP contribution in [-0.4, -0.2) is 23.5 Å². The van der Waals surface area contributed by atoms with Crippen LogP contribution in [0.4, 0.5) is 5.69 Å². The van der Waals surface area contributed by atoms with Crippen LogP contribution < -0.4 is 11.1 Å². The van der Waals surface area contributed by atoms with E-state index in [0.717, 1.165) is 5.56 Å². The van der Waals surface area contributed by atoms with Crippen molar-refractivity contribution < 1.29 is 14.7 Å². The molecule has 0 aliphatic heterocycles. The van der Waals surface area contributed by atoms with Gasteiger partial charge in [0.25, 0.3) is 5.91 Å². The molecule has 0 radical (unpaired) electrons. The molecule has 0 saturated carbocycles. The number of anilines is 1. The minimum Gasteiger partial charge on any atom is -0.481 e. The minimum absolute atomic E-state index is 0.0566. The highest BCUT2D eigenvalue weighted by atomic mass is 16.4. The summed E-state index contributed by atoms with van der Waals surface area (Å²) >= 11 is 0. The lowest BCUT2D eigenvalue weighted by Crippen LogP contribution is -2.25. The van der Waals surface area contributed by atoms with Crippen LogP contribution in [-0.2, 0) is 4.79 Å². The van der Waals surface area contributed by atoms with Gasteiger partial charge in [0.15, 0.2) is 0 Å². The molecule has 5 nitrogen and oxygen atoms in total. The number of nitrogens with two attached hydrogens (primary N) is 1. The zero-order chi connectivity index (χ0) is 12.8. The fraction of sp³-hybridized carbons (Fsp3) is 0.333. The number of nitrogen functional groups attached to an aromatic ring is 1. The number of carbonyl (C=O) groups excluding carboxylic acids is 1. The van der Waals surface area contributed by atoms with Crippen molar-refractivity contribution in [1.82, 2.24) is 5.32 Å². The van der Waals surface area contributed by atoms with Gasteiger partial charge in [-0.15, -0.1) is 0 Å². The average molecular weight is 236 g/mol. The lowest BCUT2D eigenvalue weighted by molar-refractivity contribution is -0.137. The van der Waals surface area contributed by atoms with E-state index in [1.165, 1.54) is 0 Å². The Hall–Kier alpha value is -2.04. The molecule has 92 valence electrons. The number of carboxylic acids is 1. The molecule has 1 amide bonds. The molecule has 0 aliphatic rings. The fourth-order valence-corrected chi connectivity index (χ4v) is 1.36. The van der Waals surface area contributed by atoms with Gasteiger partial charge in [0, 0.05) is 24.2 Å². The Balaban J connectivity index is 2.47. The van der Waals surface area contributed by atoms with Crippen molar-refractivity contribution in [1.29, 1.82) is 0 Å². The first-order chi connectivity index (χ1) is 8.00. The molecule has 5 heteroatoms. The van der Waals surface area contributed by atoms with E-state index in [0.29, 0.717) is 24.2 Å². The molecule has 17 heavy (non-hydrogen) atoms. The van der Waals surface area contributed by atoms with Gasteiger partial charge in [-0.25, -0.2) is 0 Å².